The normalized spacial score (nSPS) is 16.0. The smallest absolute Gasteiger partial charge is 0.123 e. The van der Waals surface area contributed by atoms with E-state index in [9.17, 15) is 0 Å². The van der Waals surface area contributed by atoms with Crippen LogP contribution in [0, 0.1) is 10.4 Å². The molecule has 0 bridgehead atoms. The summed E-state index contributed by atoms with van der Waals surface area (Å²) >= 11 is 0. The van der Waals surface area contributed by atoms with Crippen LogP contribution in [0.5, 0.6) is 0 Å². The monoisotopic (exact) mass is 234 g/mol. The Morgan fingerprint density at radius 3 is 1.61 bits per heavy atom. The van der Waals surface area contributed by atoms with Gasteiger partial charge in [0.2, 0.25) is 0 Å². The van der Waals surface area contributed by atoms with E-state index in [1.54, 1.807) is 0 Å². The second-order valence-electron chi connectivity index (χ2n) is 3.93. The second-order valence-corrected chi connectivity index (χ2v) is 3.93. The fraction of sp³-hybridized carbons (Fsp3) is 0. The summed E-state index contributed by atoms with van der Waals surface area (Å²) in [5.74, 6) is 0. The van der Waals surface area contributed by atoms with Gasteiger partial charge in [-0.2, -0.15) is 0 Å². The highest BCUT2D eigenvalue weighted by molar-refractivity contribution is 5.41. The molecule has 0 spiro atoms. The topological polar surface area (TPSA) is 74.2 Å². The first-order valence-electron chi connectivity index (χ1n) is 5.43. The molecule has 2 aromatic carbocycles. The van der Waals surface area contributed by atoms with Crippen LogP contribution in [0.3, 0.4) is 0 Å². The molecule has 2 aliphatic rings. The first-order chi connectivity index (χ1) is 8.93. The minimum Gasteiger partial charge on any atom is -0.128 e. The van der Waals surface area contributed by atoms with Crippen molar-refractivity contribution >= 4 is 11.4 Å². The van der Waals surface area contributed by atoms with Crippen LogP contribution in [0.2, 0.25) is 0 Å². The molecule has 0 N–H and O–H groups in total. The summed E-state index contributed by atoms with van der Waals surface area (Å²) in [4.78, 5) is 0. The summed E-state index contributed by atoms with van der Waals surface area (Å²) in [5, 5.41) is 26.9. The van der Waals surface area contributed by atoms with Crippen molar-refractivity contribution in [3.05, 3.63) is 57.5 Å². The molecular weight excluding hydrogens is 228 g/mol. The van der Waals surface area contributed by atoms with Gasteiger partial charge in [0.1, 0.15) is 22.1 Å². The summed E-state index contributed by atoms with van der Waals surface area (Å²) in [7, 11) is 0. The van der Waals surface area contributed by atoms with Crippen LogP contribution in [-0.4, -0.2) is 0 Å². The van der Waals surface area contributed by atoms with Crippen molar-refractivity contribution in [1.82, 2.24) is 0 Å². The van der Waals surface area contributed by atoms with Crippen molar-refractivity contribution in [3.8, 4) is 0 Å². The standard InChI is InChI=1S/C12H6N6/c1-3-7(11-9(5-1)13-17-15-11)8-4-2-6-10-12(8)16-18-14-10/h1-6H. The summed E-state index contributed by atoms with van der Waals surface area (Å²) in [5.41, 5.74) is 1.55. The Morgan fingerprint density at radius 2 is 1.11 bits per heavy atom. The van der Waals surface area contributed by atoms with Gasteiger partial charge in [0, 0.05) is 10.4 Å². The van der Waals surface area contributed by atoms with E-state index in [1.807, 2.05) is 36.4 Å². The van der Waals surface area contributed by atoms with E-state index in [4.69, 9.17) is 0 Å². The van der Waals surface area contributed by atoms with Crippen LogP contribution in [0.4, 0.5) is 11.4 Å². The lowest BCUT2D eigenvalue weighted by Gasteiger charge is -1.92. The molecule has 0 atom stereocenters. The second kappa shape index (κ2) is 3.36. The molecule has 2 aliphatic heterocycles. The summed E-state index contributed by atoms with van der Waals surface area (Å²) in [6.07, 6.45) is 0. The van der Waals surface area contributed by atoms with Gasteiger partial charge in [-0.05, 0) is 22.6 Å². The van der Waals surface area contributed by atoms with Crippen LogP contribution in [0.15, 0.2) is 67.3 Å². The highest BCUT2D eigenvalue weighted by Crippen LogP contribution is 2.13. The number of benzene rings is 2. The maximum Gasteiger partial charge on any atom is 0.123 e. The fourth-order valence-corrected chi connectivity index (χ4v) is 2.10. The van der Waals surface area contributed by atoms with Gasteiger partial charge in [-0.1, -0.05) is 24.3 Å². The largest absolute Gasteiger partial charge is 0.128 e. The number of hydrogen-bond donors (Lipinski definition) is 0. The Labute approximate surface area is 100 Å². The SMILES string of the molecule is c1cc2c(c(=c3cccc4c3=NN=N4)c1)=NN=N2. The molecule has 0 fully saturated rings. The first-order valence-corrected chi connectivity index (χ1v) is 5.43. The molecule has 84 valence electrons. The number of nitrogens with zero attached hydrogens (tertiary/aromatic N) is 6. The average Bonchev–Trinajstić information content (AvgIpc) is 3.06. The molecule has 6 nitrogen and oxygen atoms in total. The number of fused-ring (bicyclic) bond motifs is 2. The molecular formula is C12H6N6. The Hall–Kier alpha value is -2.76. The third-order valence-electron chi connectivity index (χ3n) is 2.91. The van der Waals surface area contributed by atoms with Crippen LogP contribution >= 0.6 is 0 Å². The van der Waals surface area contributed by atoms with Crippen molar-refractivity contribution in [3.63, 3.8) is 0 Å². The van der Waals surface area contributed by atoms with E-state index < -0.39 is 0 Å². The van der Waals surface area contributed by atoms with Gasteiger partial charge in [-0.15, -0.1) is 20.4 Å². The fourth-order valence-electron chi connectivity index (χ4n) is 2.10. The van der Waals surface area contributed by atoms with Crippen LogP contribution in [0.25, 0.3) is 0 Å². The number of hydrogen-bond acceptors (Lipinski definition) is 6. The molecule has 2 aromatic rings. The van der Waals surface area contributed by atoms with E-state index in [1.165, 1.54) is 0 Å². The van der Waals surface area contributed by atoms with Crippen molar-refractivity contribution in [2.45, 2.75) is 0 Å². The number of rotatable bonds is 0. The van der Waals surface area contributed by atoms with Crippen molar-refractivity contribution in [2.75, 3.05) is 0 Å². The molecule has 0 saturated heterocycles. The lowest BCUT2D eigenvalue weighted by molar-refractivity contribution is 1.07. The molecule has 0 radical (unpaired) electrons. The zero-order chi connectivity index (χ0) is 11.9. The van der Waals surface area contributed by atoms with Crippen molar-refractivity contribution in [1.29, 1.82) is 0 Å². The zero-order valence-corrected chi connectivity index (χ0v) is 9.15. The van der Waals surface area contributed by atoms with Gasteiger partial charge in [0.25, 0.3) is 0 Å². The Morgan fingerprint density at radius 1 is 0.611 bits per heavy atom. The predicted molar refractivity (Wildman–Crippen MR) is 61.9 cm³/mol. The van der Waals surface area contributed by atoms with Gasteiger partial charge in [-0.3, -0.25) is 0 Å². The lowest BCUT2D eigenvalue weighted by Crippen LogP contribution is -2.08. The average molecular weight is 234 g/mol. The third kappa shape index (κ3) is 1.17. The Balaban J connectivity index is 2.34. The molecule has 0 saturated carbocycles. The van der Waals surface area contributed by atoms with E-state index in [2.05, 4.69) is 30.9 Å². The molecule has 0 aliphatic carbocycles. The zero-order valence-electron chi connectivity index (χ0n) is 9.15. The quantitative estimate of drug-likeness (QED) is 0.670. The molecule has 0 amide bonds. The molecule has 18 heavy (non-hydrogen) atoms. The molecule has 6 heteroatoms. The lowest BCUT2D eigenvalue weighted by atomic mass is 10.1. The Bertz CT molecular complexity index is 849. The van der Waals surface area contributed by atoms with Gasteiger partial charge in [0.05, 0.1) is 0 Å². The third-order valence-corrected chi connectivity index (χ3v) is 2.91. The van der Waals surface area contributed by atoms with Crippen LogP contribution in [0.1, 0.15) is 0 Å². The molecule has 0 unspecified atom stereocenters. The van der Waals surface area contributed by atoms with Crippen LogP contribution < -0.4 is 10.7 Å². The van der Waals surface area contributed by atoms with Gasteiger partial charge in [0.15, 0.2) is 0 Å². The van der Waals surface area contributed by atoms with Gasteiger partial charge >= 0.3 is 0 Å². The van der Waals surface area contributed by atoms with Gasteiger partial charge < -0.3 is 0 Å². The van der Waals surface area contributed by atoms with Gasteiger partial charge in [-0.25, -0.2) is 0 Å². The summed E-state index contributed by atoms with van der Waals surface area (Å²) < 4.78 is 0. The minimum atomic E-state index is 0.771. The van der Waals surface area contributed by atoms with E-state index >= 15 is 0 Å². The highest BCUT2D eigenvalue weighted by atomic mass is 15.4. The Kier molecular flexibility index (Phi) is 1.74. The maximum atomic E-state index is 4.06. The maximum absolute atomic E-state index is 4.06. The van der Waals surface area contributed by atoms with E-state index in [-0.39, 0.29) is 0 Å². The minimum absolute atomic E-state index is 0.771. The van der Waals surface area contributed by atoms with Crippen molar-refractivity contribution < 1.29 is 0 Å². The summed E-state index contributed by atoms with van der Waals surface area (Å²) in [6, 6.07) is 11.6. The van der Waals surface area contributed by atoms with E-state index in [0.717, 1.165) is 32.5 Å². The highest BCUT2D eigenvalue weighted by Gasteiger charge is 2.06. The predicted octanol–water partition coefficient (Wildman–Crippen LogP) is 2.24. The molecule has 0 aromatic heterocycles. The summed E-state index contributed by atoms with van der Waals surface area (Å²) in [6.45, 7) is 0. The van der Waals surface area contributed by atoms with Crippen molar-refractivity contribution in [2.24, 2.45) is 30.9 Å². The molecule has 2 heterocycles. The first kappa shape index (κ1) is 9.29. The molecule has 4 rings (SSSR count). The van der Waals surface area contributed by atoms with E-state index in [0.29, 0.717) is 0 Å². The van der Waals surface area contributed by atoms with Crippen LogP contribution in [-0.2, 0) is 0 Å².